The monoisotopic (exact) mass is 250 g/mol. The van der Waals surface area contributed by atoms with E-state index in [0.717, 1.165) is 25.2 Å². The molecule has 102 valence electrons. The van der Waals surface area contributed by atoms with Crippen molar-refractivity contribution in [2.75, 3.05) is 25.1 Å². The summed E-state index contributed by atoms with van der Waals surface area (Å²) in [4.78, 5) is 2.11. The van der Waals surface area contributed by atoms with Crippen LogP contribution in [0.25, 0.3) is 0 Å². The van der Waals surface area contributed by atoms with Gasteiger partial charge in [-0.3, -0.25) is 0 Å². The molecule has 0 radical (unpaired) electrons. The van der Waals surface area contributed by atoms with Crippen LogP contribution in [-0.4, -0.2) is 31.3 Å². The van der Waals surface area contributed by atoms with Gasteiger partial charge in [-0.2, -0.15) is 0 Å². The lowest BCUT2D eigenvalue weighted by Crippen LogP contribution is -2.31. The molecular formula is C15H26N2O. The van der Waals surface area contributed by atoms with Crippen LogP contribution in [0.3, 0.4) is 0 Å². The summed E-state index contributed by atoms with van der Waals surface area (Å²) < 4.78 is 0. The fourth-order valence-corrected chi connectivity index (χ4v) is 1.87. The Morgan fingerprint density at radius 3 is 2.67 bits per heavy atom. The molecule has 18 heavy (non-hydrogen) atoms. The van der Waals surface area contributed by atoms with Crippen molar-refractivity contribution in [3.05, 3.63) is 29.3 Å². The first-order valence-corrected chi connectivity index (χ1v) is 6.74. The predicted octanol–water partition coefficient (Wildman–Crippen LogP) is 2.31. The van der Waals surface area contributed by atoms with E-state index in [1.807, 2.05) is 14.0 Å². The molecule has 1 atom stereocenters. The molecule has 0 fully saturated rings. The van der Waals surface area contributed by atoms with Gasteiger partial charge in [0.2, 0.25) is 0 Å². The van der Waals surface area contributed by atoms with Crippen LogP contribution in [0.5, 0.6) is 0 Å². The number of aliphatic hydroxyl groups is 1. The van der Waals surface area contributed by atoms with Crippen molar-refractivity contribution in [3.8, 4) is 0 Å². The number of anilines is 1. The van der Waals surface area contributed by atoms with E-state index in [4.69, 9.17) is 0 Å². The number of likely N-dealkylation sites (N-methyl/N-ethyl adjacent to an activating group) is 1. The molecule has 0 saturated carbocycles. The maximum Gasteiger partial charge on any atom is 0.0632 e. The van der Waals surface area contributed by atoms with Gasteiger partial charge in [0.05, 0.1) is 6.61 Å². The van der Waals surface area contributed by atoms with Crippen LogP contribution in [0.1, 0.15) is 31.4 Å². The van der Waals surface area contributed by atoms with Gasteiger partial charge in [-0.05, 0) is 50.1 Å². The quantitative estimate of drug-likeness (QED) is 0.729. The zero-order valence-corrected chi connectivity index (χ0v) is 12.0. The summed E-state index contributed by atoms with van der Waals surface area (Å²) in [5, 5.41) is 12.6. The predicted molar refractivity (Wildman–Crippen MR) is 78.1 cm³/mol. The fourth-order valence-electron chi connectivity index (χ4n) is 1.87. The summed E-state index contributed by atoms with van der Waals surface area (Å²) in [5.41, 5.74) is 3.80. The zero-order valence-electron chi connectivity index (χ0n) is 12.0. The molecule has 2 N–H and O–H groups in total. The Hall–Kier alpha value is -1.06. The minimum Gasteiger partial charge on any atom is -0.394 e. The maximum atomic E-state index is 9.18. The van der Waals surface area contributed by atoms with Gasteiger partial charge in [0, 0.05) is 25.3 Å². The van der Waals surface area contributed by atoms with E-state index in [-0.39, 0.29) is 12.6 Å². The highest BCUT2D eigenvalue weighted by Crippen LogP contribution is 2.19. The molecule has 0 aliphatic carbocycles. The number of nitrogens with zero attached hydrogens (tertiary/aromatic N) is 1. The van der Waals surface area contributed by atoms with E-state index in [2.05, 4.69) is 42.3 Å². The third-order valence-electron chi connectivity index (χ3n) is 3.40. The molecule has 0 saturated heterocycles. The van der Waals surface area contributed by atoms with Crippen molar-refractivity contribution in [1.29, 1.82) is 0 Å². The Balaban J connectivity index is 2.72. The third kappa shape index (κ3) is 4.00. The largest absolute Gasteiger partial charge is 0.394 e. The molecule has 1 unspecified atom stereocenters. The summed E-state index contributed by atoms with van der Waals surface area (Å²) in [6.45, 7) is 8.50. The van der Waals surface area contributed by atoms with Crippen molar-refractivity contribution in [1.82, 2.24) is 5.32 Å². The molecule has 0 aliphatic heterocycles. The topological polar surface area (TPSA) is 35.5 Å². The average Bonchev–Trinajstić information content (AvgIpc) is 2.39. The smallest absolute Gasteiger partial charge is 0.0632 e. The van der Waals surface area contributed by atoms with Crippen molar-refractivity contribution in [2.45, 2.75) is 39.8 Å². The number of rotatable bonds is 7. The lowest BCUT2D eigenvalue weighted by atomic mass is 10.1. The SMILES string of the molecule is CCCNCc1ccc(N(C)C(C)CO)cc1C. The highest BCUT2D eigenvalue weighted by atomic mass is 16.3. The molecule has 3 heteroatoms. The van der Waals surface area contributed by atoms with Gasteiger partial charge in [0.1, 0.15) is 0 Å². The maximum absolute atomic E-state index is 9.18. The first kappa shape index (κ1) is 15.0. The van der Waals surface area contributed by atoms with Gasteiger partial charge < -0.3 is 15.3 Å². The Kier molecular flexibility index (Phi) is 6.16. The van der Waals surface area contributed by atoms with Crippen molar-refractivity contribution in [2.24, 2.45) is 0 Å². The first-order chi connectivity index (χ1) is 8.60. The number of benzene rings is 1. The van der Waals surface area contributed by atoms with Gasteiger partial charge in [-0.15, -0.1) is 0 Å². The Bertz CT molecular complexity index is 366. The van der Waals surface area contributed by atoms with Crippen molar-refractivity contribution in [3.63, 3.8) is 0 Å². The second-order valence-corrected chi connectivity index (χ2v) is 4.93. The molecule has 0 heterocycles. The van der Waals surface area contributed by atoms with E-state index in [0.29, 0.717) is 0 Å². The third-order valence-corrected chi connectivity index (χ3v) is 3.40. The normalized spacial score (nSPS) is 12.5. The van der Waals surface area contributed by atoms with E-state index in [1.54, 1.807) is 0 Å². The highest BCUT2D eigenvalue weighted by Gasteiger charge is 2.09. The van der Waals surface area contributed by atoms with Gasteiger partial charge in [-0.1, -0.05) is 13.0 Å². The molecule has 0 bridgehead atoms. The van der Waals surface area contributed by atoms with Gasteiger partial charge in [-0.25, -0.2) is 0 Å². The van der Waals surface area contributed by atoms with E-state index in [1.165, 1.54) is 11.1 Å². The molecule has 0 aromatic heterocycles. The lowest BCUT2D eigenvalue weighted by Gasteiger charge is -2.26. The number of nitrogens with one attached hydrogen (secondary N) is 1. The van der Waals surface area contributed by atoms with E-state index < -0.39 is 0 Å². The van der Waals surface area contributed by atoms with Crippen LogP contribution in [0, 0.1) is 6.92 Å². The van der Waals surface area contributed by atoms with Gasteiger partial charge in [0.15, 0.2) is 0 Å². The number of aryl methyl sites for hydroxylation is 1. The number of hydrogen-bond acceptors (Lipinski definition) is 3. The van der Waals surface area contributed by atoms with E-state index in [9.17, 15) is 5.11 Å². The molecule has 3 nitrogen and oxygen atoms in total. The minimum atomic E-state index is 0.147. The van der Waals surface area contributed by atoms with Crippen molar-refractivity contribution >= 4 is 5.69 Å². The standard InChI is InChI=1S/C15H26N2O/c1-5-8-16-10-14-6-7-15(9-12(14)2)17(4)13(3)11-18/h6-7,9,13,16,18H,5,8,10-11H2,1-4H3. The van der Waals surface area contributed by atoms with E-state index >= 15 is 0 Å². The number of hydrogen-bond donors (Lipinski definition) is 2. The van der Waals surface area contributed by atoms with Crippen molar-refractivity contribution < 1.29 is 5.11 Å². The summed E-state index contributed by atoms with van der Waals surface area (Å²) in [7, 11) is 2.02. The molecule has 0 amide bonds. The molecule has 1 aromatic carbocycles. The Morgan fingerprint density at radius 2 is 2.11 bits per heavy atom. The second kappa shape index (κ2) is 7.39. The molecule has 1 rings (SSSR count). The summed E-state index contributed by atoms with van der Waals surface area (Å²) in [5.74, 6) is 0. The average molecular weight is 250 g/mol. The summed E-state index contributed by atoms with van der Waals surface area (Å²) in [6, 6.07) is 6.64. The van der Waals surface area contributed by atoms with Crippen LogP contribution in [0.15, 0.2) is 18.2 Å². The highest BCUT2D eigenvalue weighted by molar-refractivity contribution is 5.51. The molecule has 0 spiro atoms. The van der Waals surface area contributed by atoms with Crippen LogP contribution < -0.4 is 10.2 Å². The molecular weight excluding hydrogens is 224 g/mol. The van der Waals surface area contributed by atoms with Crippen LogP contribution >= 0.6 is 0 Å². The Labute approximate surface area is 111 Å². The minimum absolute atomic E-state index is 0.147. The summed E-state index contributed by atoms with van der Waals surface area (Å²) in [6.07, 6.45) is 1.16. The zero-order chi connectivity index (χ0) is 13.5. The molecule has 0 aliphatic rings. The molecule has 1 aromatic rings. The second-order valence-electron chi connectivity index (χ2n) is 4.93. The first-order valence-electron chi connectivity index (χ1n) is 6.74. The summed E-state index contributed by atoms with van der Waals surface area (Å²) >= 11 is 0. The van der Waals surface area contributed by atoms with Gasteiger partial charge in [0.25, 0.3) is 0 Å². The number of aliphatic hydroxyl groups excluding tert-OH is 1. The van der Waals surface area contributed by atoms with Crippen LogP contribution in [0.4, 0.5) is 5.69 Å². The lowest BCUT2D eigenvalue weighted by molar-refractivity contribution is 0.270. The van der Waals surface area contributed by atoms with Crippen LogP contribution in [0.2, 0.25) is 0 Å². The fraction of sp³-hybridized carbons (Fsp3) is 0.600. The Morgan fingerprint density at radius 1 is 1.39 bits per heavy atom. The van der Waals surface area contributed by atoms with Crippen LogP contribution in [-0.2, 0) is 6.54 Å². The van der Waals surface area contributed by atoms with Gasteiger partial charge >= 0.3 is 0 Å².